The molecular weight excluding hydrogens is 351 g/mol. The number of thioether (sulfide) groups is 1. The van der Waals surface area contributed by atoms with Crippen LogP contribution in [0.15, 0.2) is 21.5 Å². The number of benzene rings is 1. The number of halogens is 2. The van der Waals surface area contributed by atoms with Crippen molar-refractivity contribution in [2.45, 2.75) is 4.90 Å². The Morgan fingerprint density at radius 1 is 1.50 bits per heavy atom. The fourth-order valence-electron chi connectivity index (χ4n) is 1.04. The van der Waals surface area contributed by atoms with Crippen molar-refractivity contribution < 1.29 is 17.7 Å². The molecule has 0 saturated carbocycles. The smallest absolute Gasteiger partial charge is 0.258 e. The molecule has 0 saturated heterocycles. The van der Waals surface area contributed by atoms with Crippen molar-refractivity contribution in [3.8, 4) is 0 Å². The van der Waals surface area contributed by atoms with Gasteiger partial charge >= 0.3 is 0 Å². The molecule has 0 aliphatic carbocycles. The van der Waals surface area contributed by atoms with E-state index >= 15 is 0 Å². The lowest BCUT2D eigenvalue weighted by molar-refractivity contribution is -0.387. The van der Waals surface area contributed by atoms with Gasteiger partial charge in [-0.25, -0.2) is 17.9 Å². The molecule has 0 unspecified atom stereocenters. The van der Waals surface area contributed by atoms with E-state index in [-0.39, 0.29) is 26.6 Å². The Balaban J connectivity index is 2.94. The average molecular weight is 359 g/mol. The van der Waals surface area contributed by atoms with Crippen LogP contribution in [0.3, 0.4) is 0 Å². The number of primary sulfonamides is 1. The standard InChI is InChI=1S/C8H8BrFN2O4S2/c9-5-3-7(12(13)14)8(4-6(5)10)17-1-2-18(11,15)16/h3-4H,1-2H2,(H2,11,15,16). The average Bonchev–Trinajstić information content (AvgIpc) is 2.20. The second-order valence-corrected chi connectivity index (χ2v) is 6.93. The highest BCUT2D eigenvalue weighted by molar-refractivity contribution is 9.10. The van der Waals surface area contributed by atoms with Crippen LogP contribution in [-0.4, -0.2) is 24.8 Å². The van der Waals surface area contributed by atoms with Crippen LogP contribution in [0.25, 0.3) is 0 Å². The largest absolute Gasteiger partial charge is 0.284 e. The van der Waals surface area contributed by atoms with Gasteiger partial charge in [0.25, 0.3) is 5.69 Å². The highest BCUT2D eigenvalue weighted by Gasteiger charge is 2.18. The molecule has 0 fully saturated rings. The predicted molar refractivity (Wildman–Crippen MR) is 69.5 cm³/mol. The van der Waals surface area contributed by atoms with Gasteiger partial charge in [0.05, 0.1) is 20.0 Å². The van der Waals surface area contributed by atoms with Crippen LogP contribution in [0.2, 0.25) is 0 Å². The van der Waals surface area contributed by atoms with Crippen LogP contribution in [0.4, 0.5) is 10.1 Å². The molecule has 0 aliphatic rings. The zero-order valence-corrected chi connectivity index (χ0v) is 12.0. The van der Waals surface area contributed by atoms with Crippen LogP contribution in [-0.2, 0) is 10.0 Å². The maximum atomic E-state index is 13.3. The first-order valence-electron chi connectivity index (χ1n) is 4.47. The molecule has 18 heavy (non-hydrogen) atoms. The van der Waals surface area contributed by atoms with Gasteiger partial charge < -0.3 is 0 Å². The number of nitro benzene ring substituents is 1. The van der Waals surface area contributed by atoms with Crippen molar-refractivity contribution in [3.63, 3.8) is 0 Å². The first kappa shape index (κ1) is 15.3. The van der Waals surface area contributed by atoms with E-state index in [2.05, 4.69) is 15.9 Å². The van der Waals surface area contributed by atoms with Crippen LogP contribution in [0.1, 0.15) is 0 Å². The van der Waals surface area contributed by atoms with Crippen molar-refractivity contribution >= 4 is 43.4 Å². The second kappa shape index (κ2) is 5.95. The van der Waals surface area contributed by atoms with Gasteiger partial charge in [-0.15, -0.1) is 11.8 Å². The van der Waals surface area contributed by atoms with E-state index in [1.54, 1.807) is 0 Å². The Morgan fingerprint density at radius 2 is 2.11 bits per heavy atom. The number of nitrogens with zero attached hydrogens (tertiary/aromatic N) is 1. The zero-order valence-electron chi connectivity index (χ0n) is 8.80. The molecule has 0 aliphatic heterocycles. The van der Waals surface area contributed by atoms with Gasteiger partial charge in [-0.1, -0.05) is 0 Å². The van der Waals surface area contributed by atoms with Crippen molar-refractivity contribution in [1.29, 1.82) is 0 Å². The SMILES string of the molecule is NS(=O)(=O)CCSc1cc(F)c(Br)cc1[N+](=O)[O-]. The number of hydrogen-bond acceptors (Lipinski definition) is 5. The summed E-state index contributed by atoms with van der Waals surface area (Å²) in [5.74, 6) is -0.980. The van der Waals surface area contributed by atoms with Crippen LogP contribution < -0.4 is 5.14 Å². The molecule has 0 spiro atoms. The van der Waals surface area contributed by atoms with Crippen LogP contribution in [0.5, 0.6) is 0 Å². The molecule has 0 bridgehead atoms. The van der Waals surface area contributed by atoms with E-state index in [0.717, 1.165) is 23.9 Å². The molecule has 0 radical (unpaired) electrons. The Labute approximate surface area is 115 Å². The van der Waals surface area contributed by atoms with Crippen molar-refractivity contribution in [3.05, 3.63) is 32.5 Å². The zero-order chi connectivity index (χ0) is 13.9. The normalized spacial score (nSPS) is 11.5. The highest BCUT2D eigenvalue weighted by Crippen LogP contribution is 2.33. The van der Waals surface area contributed by atoms with E-state index in [9.17, 15) is 22.9 Å². The van der Waals surface area contributed by atoms with Gasteiger partial charge in [-0.3, -0.25) is 10.1 Å². The summed E-state index contributed by atoms with van der Waals surface area (Å²) in [4.78, 5) is 10.1. The molecule has 0 amide bonds. The molecule has 10 heteroatoms. The van der Waals surface area contributed by atoms with Gasteiger partial charge in [0.2, 0.25) is 10.0 Å². The number of sulfonamides is 1. The van der Waals surface area contributed by atoms with Gasteiger partial charge in [-0.2, -0.15) is 0 Å². The number of rotatable bonds is 5. The summed E-state index contributed by atoms with van der Waals surface area (Å²) in [6.07, 6.45) is 0. The minimum atomic E-state index is -3.64. The first-order chi connectivity index (χ1) is 8.20. The minimum absolute atomic E-state index is 0.0146. The molecule has 0 atom stereocenters. The Kier molecular flexibility index (Phi) is 5.08. The molecule has 0 aromatic heterocycles. The lowest BCUT2D eigenvalue weighted by Gasteiger charge is -2.04. The summed E-state index contributed by atoms with van der Waals surface area (Å²) >= 11 is 3.71. The number of hydrogen-bond donors (Lipinski definition) is 1. The second-order valence-electron chi connectivity index (χ2n) is 3.21. The van der Waals surface area contributed by atoms with Gasteiger partial charge in [0, 0.05) is 11.8 Å². The van der Waals surface area contributed by atoms with E-state index in [1.807, 2.05) is 0 Å². The topological polar surface area (TPSA) is 103 Å². The third kappa shape index (κ3) is 4.52. The third-order valence-electron chi connectivity index (χ3n) is 1.82. The van der Waals surface area contributed by atoms with Crippen LogP contribution in [0, 0.1) is 15.9 Å². The molecule has 0 heterocycles. The van der Waals surface area contributed by atoms with E-state index < -0.39 is 20.8 Å². The summed E-state index contributed by atoms with van der Waals surface area (Å²) in [5.41, 5.74) is -0.289. The van der Waals surface area contributed by atoms with Crippen molar-refractivity contribution in [2.75, 3.05) is 11.5 Å². The Bertz CT molecular complexity index is 579. The summed E-state index contributed by atoms with van der Waals surface area (Å²) in [6.45, 7) is 0. The maximum absolute atomic E-state index is 13.3. The summed E-state index contributed by atoms with van der Waals surface area (Å²) < 4.78 is 34.7. The quantitative estimate of drug-likeness (QED) is 0.491. The summed E-state index contributed by atoms with van der Waals surface area (Å²) in [6, 6.07) is 2.02. The van der Waals surface area contributed by atoms with Crippen molar-refractivity contribution in [1.82, 2.24) is 0 Å². The molecule has 1 aromatic rings. The maximum Gasteiger partial charge on any atom is 0.284 e. The molecule has 6 nitrogen and oxygen atoms in total. The molecule has 100 valence electrons. The summed E-state index contributed by atoms with van der Waals surface area (Å²) in [5, 5.41) is 15.5. The first-order valence-corrected chi connectivity index (χ1v) is 7.97. The Hall–Kier alpha value is -0.710. The van der Waals surface area contributed by atoms with Crippen molar-refractivity contribution in [2.24, 2.45) is 5.14 Å². The van der Waals surface area contributed by atoms with E-state index in [4.69, 9.17) is 5.14 Å². The van der Waals surface area contributed by atoms with Gasteiger partial charge in [-0.05, 0) is 22.0 Å². The fourth-order valence-corrected chi connectivity index (χ4v) is 3.33. The molecular formula is C8H8BrFN2O4S2. The van der Waals surface area contributed by atoms with E-state index in [1.165, 1.54) is 0 Å². The van der Waals surface area contributed by atoms with Gasteiger partial charge in [0.15, 0.2) is 0 Å². The Morgan fingerprint density at radius 3 is 2.61 bits per heavy atom. The monoisotopic (exact) mass is 358 g/mol. The summed E-state index contributed by atoms with van der Waals surface area (Å²) in [7, 11) is -3.64. The molecule has 2 N–H and O–H groups in total. The third-order valence-corrected chi connectivity index (χ3v) is 4.51. The predicted octanol–water partition coefficient (Wildman–Crippen LogP) is 1.88. The molecule has 1 aromatic carbocycles. The number of nitro groups is 1. The highest BCUT2D eigenvalue weighted by atomic mass is 79.9. The molecule has 1 rings (SSSR count). The lowest BCUT2D eigenvalue weighted by atomic mass is 10.3. The number of nitrogens with two attached hydrogens (primary N) is 1. The van der Waals surface area contributed by atoms with E-state index in [0.29, 0.717) is 0 Å². The van der Waals surface area contributed by atoms with Crippen LogP contribution >= 0.6 is 27.7 Å². The lowest BCUT2D eigenvalue weighted by Crippen LogP contribution is -2.17. The fraction of sp³-hybridized carbons (Fsp3) is 0.250. The van der Waals surface area contributed by atoms with Gasteiger partial charge in [0.1, 0.15) is 5.82 Å². The minimum Gasteiger partial charge on any atom is -0.258 e.